The normalized spacial score (nSPS) is 12.5. The van der Waals surface area contributed by atoms with Crippen molar-refractivity contribution in [3.05, 3.63) is 102 Å². The summed E-state index contributed by atoms with van der Waals surface area (Å²) in [6, 6.07) is 26.8. The largest absolute Gasteiger partial charge is 0.489 e. The topological polar surface area (TPSA) is 56.2 Å². The second-order valence-corrected chi connectivity index (χ2v) is 12.1. The van der Waals surface area contributed by atoms with Gasteiger partial charge in [-0.15, -0.1) is 0 Å². The zero-order valence-corrected chi connectivity index (χ0v) is 25.2. The monoisotopic (exact) mass is 566 g/mol. The highest BCUT2D eigenvalue weighted by atomic mass is 16.5. The third-order valence-corrected chi connectivity index (χ3v) is 8.07. The van der Waals surface area contributed by atoms with Crippen molar-refractivity contribution < 1.29 is 18.8 Å². The van der Waals surface area contributed by atoms with Crippen LogP contribution >= 0.6 is 0 Å². The number of carbonyl (C=O) groups excluding carboxylic acids is 1. The van der Waals surface area contributed by atoms with Gasteiger partial charge in [0.05, 0.1) is 27.7 Å². The summed E-state index contributed by atoms with van der Waals surface area (Å²) >= 11 is 0. The van der Waals surface area contributed by atoms with Crippen molar-refractivity contribution in [1.82, 2.24) is 9.55 Å². The number of esters is 1. The number of nitrogens with one attached hydrogen (secondary N) is 1. The number of H-pyrrole nitrogens is 1. The molecule has 1 N–H and O–H groups in total. The van der Waals surface area contributed by atoms with E-state index in [0.29, 0.717) is 24.1 Å². The van der Waals surface area contributed by atoms with E-state index < -0.39 is 0 Å². The zero-order valence-electron chi connectivity index (χ0n) is 25.2. The number of ether oxygens (including phenoxy) is 2. The Bertz CT molecular complexity index is 1580. The molecule has 0 amide bonds. The van der Waals surface area contributed by atoms with E-state index >= 15 is 0 Å². The fourth-order valence-electron chi connectivity index (χ4n) is 5.57. The molecule has 6 nitrogen and oxygen atoms in total. The van der Waals surface area contributed by atoms with Gasteiger partial charge in [0.25, 0.3) is 0 Å². The molecule has 0 fully saturated rings. The average Bonchev–Trinajstić information content (AvgIpc) is 3.59. The van der Waals surface area contributed by atoms with Gasteiger partial charge in [-0.05, 0) is 54.3 Å². The highest BCUT2D eigenvalue weighted by molar-refractivity contribution is 5.84. The minimum absolute atomic E-state index is 0.110. The van der Waals surface area contributed by atoms with E-state index in [-0.39, 0.29) is 12.0 Å². The van der Waals surface area contributed by atoms with E-state index in [9.17, 15) is 4.79 Å². The predicted octanol–water partition coefficient (Wildman–Crippen LogP) is 7.51. The summed E-state index contributed by atoms with van der Waals surface area (Å²) < 4.78 is 14.6. The van der Waals surface area contributed by atoms with Crippen LogP contribution in [0.1, 0.15) is 43.2 Å². The number of rotatable bonds is 15. The van der Waals surface area contributed by atoms with Crippen LogP contribution in [-0.2, 0) is 29.1 Å². The number of aromatic nitrogens is 2. The van der Waals surface area contributed by atoms with Crippen LogP contribution in [0.15, 0.2) is 91.3 Å². The van der Waals surface area contributed by atoms with Crippen LogP contribution in [0.4, 0.5) is 0 Å². The van der Waals surface area contributed by atoms with Gasteiger partial charge in [0.2, 0.25) is 0 Å². The predicted molar refractivity (Wildman–Crippen MR) is 171 cm³/mol. The summed E-state index contributed by atoms with van der Waals surface area (Å²) in [6.07, 6.45) is 10.3. The Morgan fingerprint density at radius 3 is 2.48 bits per heavy atom. The van der Waals surface area contributed by atoms with Gasteiger partial charge >= 0.3 is 5.97 Å². The molecular formula is C36H44N3O3+. The molecule has 42 heavy (non-hydrogen) atoms. The lowest BCUT2D eigenvalue weighted by atomic mass is 10.0. The van der Waals surface area contributed by atoms with Gasteiger partial charge in [0, 0.05) is 47.2 Å². The van der Waals surface area contributed by atoms with E-state index in [4.69, 9.17) is 9.47 Å². The van der Waals surface area contributed by atoms with E-state index in [0.717, 1.165) is 55.5 Å². The molecule has 220 valence electrons. The maximum Gasteiger partial charge on any atom is 0.365 e. The molecule has 5 rings (SSSR count). The summed E-state index contributed by atoms with van der Waals surface area (Å²) in [5.74, 6) is 0.788. The van der Waals surface area contributed by atoms with E-state index in [2.05, 4.69) is 85.4 Å². The van der Waals surface area contributed by atoms with E-state index in [1.165, 1.54) is 21.9 Å². The van der Waals surface area contributed by atoms with Crippen molar-refractivity contribution >= 4 is 27.8 Å². The summed E-state index contributed by atoms with van der Waals surface area (Å²) in [5, 5.41) is 2.38. The molecule has 0 radical (unpaired) electrons. The highest BCUT2D eigenvalue weighted by Crippen LogP contribution is 2.24. The van der Waals surface area contributed by atoms with Crippen LogP contribution in [0, 0.1) is 0 Å². The lowest BCUT2D eigenvalue weighted by Crippen LogP contribution is -2.51. The number of benzene rings is 3. The van der Waals surface area contributed by atoms with Crippen LogP contribution < -0.4 is 4.74 Å². The van der Waals surface area contributed by atoms with Gasteiger partial charge in [0.1, 0.15) is 12.4 Å². The summed E-state index contributed by atoms with van der Waals surface area (Å²) in [4.78, 5) is 16.4. The maximum absolute atomic E-state index is 13.1. The first-order valence-electron chi connectivity index (χ1n) is 15.2. The lowest BCUT2D eigenvalue weighted by molar-refractivity contribution is -0.887. The Morgan fingerprint density at radius 2 is 1.64 bits per heavy atom. The SMILES string of the molecule is C[N+](C)(C)C(Cc1c[nH]c2ccccc12)C(=O)OCCCCCCCn1ccc2cc(OCc3ccccc3)ccc21. The summed E-state index contributed by atoms with van der Waals surface area (Å²) in [5.41, 5.74) is 4.67. The first-order valence-corrected chi connectivity index (χ1v) is 15.2. The van der Waals surface area contributed by atoms with Crippen molar-refractivity contribution in [2.75, 3.05) is 27.7 Å². The second kappa shape index (κ2) is 13.8. The molecule has 1 unspecified atom stereocenters. The highest BCUT2D eigenvalue weighted by Gasteiger charge is 2.34. The Kier molecular flexibility index (Phi) is 9.65. The van der Waals surface area contributed by atoms with E-state index in [1.807, 2.05) is 36.5 Å². The Balaban J connectivity index is 1.00. The summed E-state index contributed by atoms with van der Waals surface area (Å²) in [7, 11) is 6.19. The molecule has 1 atom stereocenters. The maximum atomic E-state index is 13.1. The Labute approximate surface area is 249 Å². The van der Waals surface area contributed by atoms with Crippen molar-refractivity contribution in [3.63, 3.8) is 0 Å². The Morgan fingerprint density at radius 1 is 0.881 bits per heavy atom. The molecule has 5 aromatic rings. The van der Waals surface area contributed by atoms with Crippen molar-refractivity contribution in [1.29, 1.82) is 0 Å². The minimum atomic E-state index is -0.243. The van der Waals surface area contributed by atoms with Crippen molar-refractivity contribution in [2.45, 2.75) is 57.7 Å². The molecule has 0 saturated carbocycles. The number of aromatic amines is 1. The van der Waals surface area contributed by atoms with Crippen molar-refractivity contribution in [2.24, 2.45) is 0 Å². The lowest BCUT2D eigenvalue weighted by Gasteiger charge is -2.32. The van der Waals surface area contributed by atoms with Gasteiger partial charge in [-0.3, -0.25) is 0 Å². The number of aryl methyl sites for hydroxylation is 1. The molecular weight excluding hydrogens is 522 g/mol. The molecule has 2 heterocycles. The average molecular weight is 567 g/mol. The van der Waals surface area contributed by atoms with Crippen LogP contribution in [0.25, 0.3) is 21.8 Å². The van der Waals surface area contributed by atoms with Crippen LogP contribution in [0.2, 0.25) is 0 Å². The fraction of sp³-hybridized carbons (Fsp3) is 0.361. The number of nitrogens with zero attached hydrogens (tertiary/aromatic N) is 2. The first-order chi connectivity index (χ1) is 20.4. The van der Waals surface area contributed by atoms with Gasteiger partial charge in [-0.2, -0.15) is 0 Å². The summed E-state index contributed by atoms with van der Waals surface area (Å²) in [6.45, 7) is 2.06. The Hall–Kier alpha value is -4.03. The van der Waals surface area contributed by atoms with Crippen molar-refractivity contribution in [3.8, 4) is 5.75 Å². The molecule has 0 saturated heterocycles. The van der Waals surface area contributed by atoms with Gasteiger partial charge < -0.3 is 23.5 Å². The van der Waals surface area contributed by atoms with Gasteiger partial charge in [-0.25, -0.2) is 4.79 Å². The van der Waals surface area contributed by atoms with Crippen LogP contribution in [0.5, 0.6) is 5.75 Å². The number of quaternary nitrogens is 1. The van der Waals surface area contributed by atoms with Crippen LogP contribution in [-0.4, -0.2) is 53.8 Å². The quantitative estimate of drug-likeness (QED) is 0.0810. The molecule has 0 aliphatic heterocycles. The number of unbranched alkanes of at least 4 members (excludes halogenated alkanes) is 4. The van der Waals surface area contributed by atoms with Gasteiger partial charge in [0.15, 0.2) is 6.04 Å². The molecule has 2 aromatic heterocycles. The van der Waals surface area contributed by atoms with E-state index in [1.54, 1.807) is 0 Å². The van der Waals surface area contributed by atoms with Gasteiger partial charge in [-0.1, -0.05) is 67.8 Å². The number of carbonyl (C=O) groups is 1. The smallest absolute Gasteiger partial charge is 0.365 e. The fourth-order valence-corrected chi connectivity index (χ4v) is 5.57. The molecule has 0 aliphatic carbocycles. The molecule has 3 aromatic carbocycles. The third-order valence-electron chi connectivity index (χ3n) is 8.07. The number of hydrogen-bond acceptors (Lipinski definition) is 3. The minimum Gasteiger partial charge on any atom is -0.489 e. The molecule has 0 aliphatic rings. The number of para-hydroxylation sites is 1. The third kappa shape index (κ3) is 7.62. The molecule has 0 bridgehead atoms. The molecule has 6 heteroatoms. The number of likely N-dealkylation sites (N-methyl/N-ethyl adjacent to an activating group) is 1. The second-order valence-electron chi connectivity index (χ2n) is 12.1. The van der Waals surface area contributed by atoms with Crippen LogP contribution in [0.3, 0.4) is 0 Å². The number of hydrogen-bond donors (Lipinski definition) is 1. The molecule has 0 spiro atoms. The first kappa shape index (κ1) is 29.5. The zero-order chi connectivity index (χ0) is 29.4. The number of fused-ring (bicyclic) bond motifs is 2. The standard InChI is InChI=1S/C36H44N3O3/c1-39(2,3)35(25-30-26-37-33-17-11-10-16-32(30)33)36(40)41-23-13-6-4-5-12-21-38-22-20-29-24-31(18-19-34(29)38)42-27-28-14-8-7-9-15-28/h7-11,14-20,22,24,26,35,37H,4-6,12-13,21,23,25,27H2,1-3H3/q+1.